The van der Waals surface area contributed by atoms with Crippen molar-refractivity contribution < 1.29 is 13.8 Å². The predicted molar refractivity (Wildman–Crippen MR) is 91.8 cm³/mol. The second kappa shape index (κ2) is 9.90. The topological polar surface area (TPSA) is 42.0 Å². The zero-order valence-electron chi connectivity index (χ0n) is 14.5. The molecule has 1 amide bonds. The highest BCUT2D eigenvalue weighted by molar-refractivity contribution is 8.08. The Morgan fingerprint density at radius 2 is 1.52 bits per heavy atom. The van der Waals surface area contributed by atoms with Gasteiger partial charge in [0.1, 0.15) is 0 Å². The number of amides is 1. The summed E-state index contributed by atoms with van der Waals surface area (Å²) in [6.45, 7) is 10.3. The van der Waals surface area contributed by atoms with E-state index in [0.29, 0.717) is 18.4 Å². The molecule has 0 aromatic rings. The summed E-state index contributed by atoms with van der Waals surface area (Å²) in [6, 6.07) is 0. The van der Waals surface area contributed by atoms with E-state index in [0.717, 1.165) is 13.1 Å². The molecule has 0 unspecified atom stereocenters. The summed E-state index contributed by atoms with van der Waals surface area (Å²) in [4.78, 5) is 14.5. The van der Waals surface area contributed by atoms with E-state index in [1.54, 1.807) is 0 Å². The van der Waals surface area contributed by atoms with Crippen LogP contribution in [0.25, 0.3) is 0 Å². The molecule has 0 aliphatic heterocycles. The third kappa shape index (κ3) is 7.20. The fourth-order valence-corrected chi connectivity index (χ4v) is 3.86. The van der Waals surface area contributed by atoms with Crippen molar-refractivity contribution in [2.24, 2.45) is 11.8 Å². The van der Waals surface area contributed by atoms with Gasteiger partial charge in [0.05, 0.1) is 6.54 Å². The Morgan fingerprint density at radius 1 is 1.10 bits per heavy atom. The Hall–Kier alpha value is -0.0000000000000000694. The lowest BCUT2D eigenvalue weighted by atomic mass is 10.1. The van der Waals surface area contributed by atoms with Gasteiger partial charge in [0.15, 0.2) is 0 Å². The van der Waals surface area contributed by atoms with Crippen LogP contribution in [-0.4, -0.2) is 55.9 Å². The summed E-state index contributed by atoms with van der Waals surface area (Å²) < 4.78 is 12.5. The molecule has 21 heavy (non-hydrogen) atoms. The third-order valence-corrected chi connectivity index (χ3v) is 6.64. The number of rotatable bonds is 10. The minimum Gasteiger partial charge on any atom is -0.341 e. The lowest BCUT2D eigenvalue weighted by Crippen LogP contribution is -2.42. The van der Waals surface area contributed by atoms with Gasteiger partial charge in [0.2, 0.25) is 5.91 Å². The van der Waals surface area contributed by atoms with E-state index in [9.17, 15) is 4.79 Å². The second-order valence-corrected chi connectivity index (χ2v) is 9.52. The molecule has 0 saturated heterocycles. The van der Waals surface area contributed by atoms with E-state index >= 15 is 0 Å². The SMILES string of the molecule is CCN(CC(=O)N(CC(C)C)CC(C)C)P(=S)(OC)OC. The molecule has 0 bridgehead atoms. The smallest absolute Gasteiger partial charge is 0.263 e. The summed E-state index contributed by atoms with van der Waals surface area (Å²) >= 11 is 5.43. The van der Waals surface area contributed by atoms with Crippen molar-refractivity contribution in [2.45, 2.75) is 34.6 Å². The minimum absolute atomic E-state index is 0.0857. The predicted octanol–water partition coefficient (Wildman–Crippen LogP) is 2.97. The first-order valence-corrected chi connectivity index (χ1v) is 10.0. The van der Waals surface area contributed by atoms with Crippen LogP contribution in [0.2, 0.25) is 0 Å². The highest BCUT2D eigenvalue weighted by Gasteiger charge is 2.28. The zero-order valence-corrected chi connectivity index (χ0v) is 16.2. The standard InChI is InChI=1S/C14H31N2O3PS/c1-8-16(20(21,18-6)19-7)11-14(17)15(9-12(2)3)10-13(4)5/h12-13H,8-11H2,1-7H3. The van der Waals surface area contributed by atoms with Crippen LogP contribution in [0.1, 0.15) is 34.6 Å². The lowest BCUT2D eigenvalue weighted by Gasteiger charge is -2.33. The van der Waals surface area contributed by atoms with Gasteiger partial charge in [0, 0.05) is 33.9 Å². The summed E-state index contributed by atoms with van der Waals surface area (Å²) in [5.74, 6) is 0.967. The van der Waals surface area contributed by atoms with Crippen LogP contribution in [0.5, 0.6) is 0 Å². The summed E-state index contributed by atoms with van der Waals surface area (Å²) in [5.41, 5.74) is 0. The van der Waals surface area contributed by atoms with Crippen molar-refractivity contribution in [2.75, 3.05) is 40.4 Å². The molecule has 0 aromatic carbocycles. The van der Waals surface area contributed by atoms with Gasteiger partial charge in [-0.1, -0.05) is 34.6 Å². The van der Waals surface area contributed by atoms with Gasteiger partial charge >= 0.3 is 0 Å². The molecular formula is C14H31N2O3PS. The van der Waals surface area contributed by atoms with Gasteiger partial charge in [-0.2, -0.15) is 0 Å². The van der Waals surface area contributed by atoms with E-state index in [1.807, 2.05) is 16.5 Å². The molecule has 0 rings (SSSR count). The Balaban J connectivity index is 4.96. The van der Waals surface area contributed by atoms with Gasteiger partial charge in [-0.25, -0.2) is 4.67 Å². The quantitative estimate of drug-likeness (QED) is 0.573. The number of hydrogen-bond acceptors (Lipinski definition) is 4. The third-order valence-electron chi connectivity index (χ3n) is 3.01. The lowest BCUT2D eigenvalue weighted by molar-refractivity contribution is -0.132. The van der Waals surface area contributed by atoms with Crippen LogP contribution < -0.4 is 0 Å². The molecule has 0 aromatic heterocycles. The van der Waals surface area contributed by atoms with Crippen LogP contribution >= 0.6 is 6.64 Å². The van der Waals surface area contributed by atoms with Gasteiger partial charge < -0.3 is 13.9 Å². The molecule has 0 aliphatic rings. The summed E-state index contributed by atoms with van der Waals surface area (Å²) in [6.07, 6.45) is 0. The molecule has 5 nitrogen and oxygen atoms in total. The van der Waals surface area contributed by atoms with Crippen molar-refractivity contribution in [1.82, 2.24) is 9.57 Å². The molecule has 0 aliphatic carbocycles. The number of nitrogens with zero attached hydrogens (tertiary/aromatic N) is 2. The number of hydrogen-bond donors (Lipinski definition) is 0. The van der Waals surface area contributed by atoms with Crippen molar-refractivity contribution in [1.29, 1.82) is 0 Å². The zero-order chi connectivity index (χ0) is 16.6. The molecule has 0 heterocycles. The summed E-state index contributed by atoms with van der Waals surface area (Å²) in [7, 11) is 3.08. The van der Waals surface area contributed by atoms with E-state index in [2.05, 4.69) is 27.7 Å². The van der Waals surface area contributed by atoms with E-state index in [-0.39, 0.29) is 12.5 Å². The Morgan fingerprint density at radius 3 is 1.81 bits per heavy atom. The maximum absolute atomic E-state index is 12.6. The van der Waals surface area contributed by atoms with Crippen LogP contribution in [0.3, 0.4) is 0 Å². The van der Waals surface area contributed by atoms with Gasteiger partial charge in [-0.15, -0.1) is 0 Å². The monoisotopic (exact) mass is 338 g/mol. The van der Waals surface area contributed by atoms with Crippen LogP contribution in [0.4, 0.5) is 0 Å². The molecule has 0 atom stereocenters. The minimum atomic E-state index is -2.53. The van der Waals surface area contributed by atoms with Crippen LogP contribution in [0, 0.1) is 11.8 Å². The molecule has 7 heteroatoms. The maximum atomic E-state index is 12.6. The molecule has 0 N–H and O–H groups in total. The molecule has 0 fully saturated rings. The highest BCUT2D eigenvalue weighted by atomic mass is 32.5. The Bertz CT molecular complexity index is 346. The molecule has 0 saturated carbocycles. The van der Waals surface area contributed by atoms with Crippen molar-refractivity contribution in [3.8, 4) is 0 Å². The first-order valence-electron chi connectivity index (χ1n) is 7.44. The largest absolute Gasteiger partial charge is 0.341 e. The van der Waals surface area contributed by atoms with Gasteiger partial charge in [-0.05, 0) is 23.6 Å². The molecule has 0 spiro atoms. The van der Waals surface area contributed by atoms with Crippen molar-refractivity contribution in [3.05, 3.63) is 0 Å². The normalized spacial score (nSPS) is 12.5. The molecular weight excluding hydrogens is 307 g/mol. The number of likely N-dealkylation sites (N-methyl/N-ethyl adjacent to an activating group) is 1. The van der Waals surface area contributed by atoms with Crippen molar-refractivity contribution in [3.63, 3.8) is 0 Å². The van der Waals surface area contributed by atoms with Gasteiger partial charge in [0.25, 0.3) is 6.64 Å². The van der Waals surface area contributed by atoms with Gasteiger partial charge in [-0.3, -0.25) is 4.79 Å². The molecule has 126 valence electrons. The second-order valence-electron chi connectivity index (χ2n) is 5.90. The first kappa shape index (κ1) is 21.0. The average molecular weight is 338 g/mol. The number of carbonyl (C=O) groups excluding carboxylic acids is 1. The Labute approximate surface area is 135 Å². The average Bonchev–Trinajstić information content (AvgIpc) is 2.41. The fraction of sp³-hybridized carbons (Fsp3) is 0.929. The Kier molecular flexibility index (Phi) is 9.90. The highest BCUT2D eigenvalue weighted by Crippen LogP contribution is 2.50. The number of carbonyl (C=O) groups is 1. The molecule has 0 radical (unpaired) electrons. The van der Waals surface area contributed by atoms with Crippen LogP contribution in [0.15, 0.2) is 0 Å². The van der Waals surface area contributed by atoms with Crippen molar-refractivity contribution >= 4 is 24.4 Å². The maximum Gasteiger partial charge on any atom is 0.263 e. The summed E-state index contributed by atoms with van der Waals surface area (Å²) in [5, 5.41) is 0. The fourth-order valence-electron chi connectivity index (χ4n) is 2.09. The van der Waals surface area contributed by atoms with E-state index < -0.39 is 6.64 Å². The van der Waals surface area contributed by atoms with E-state index in [4.69, 9.17) is 20.9 Å². The van der Waals surface area contributed by atoms with E-state index in [1.165, 1.54) is 14.2 Å². The first-order chi connectivity index (χ1) is 9.69. The van der Waals surface area contributed by atoms with Crippen LogP contribution in [-0.2, 0) is 25.6 Å².